The molecule has 0 heterocycles. The molecule has 0 bridgehead atoms. The van der Waals surface area contributed by atoms with Gasteiger partial charge in [-0.3, -0.25) is 0 Å². The SMILES string of the molecule is C=C(C(=O)O)C1C(C)CCCC1C. The van der Waals surface area contributed by atoms with Crippen molar-refractivity contribution in [1.29, 1.82) is 0 Å². The molecule has 2 unspecified atom stereocenters. The van der Waals surface area contributed by atoms with E-state index in [1.165, 1.54) is 6.42 Å². The first-order valence-corrected chi connectivity index (χ1v) is 4.96. The molecule has 13 heavy (non-hydrogen) atoms. The van der Waals surface area contributed by atoms with Gasteiger partial charge in [0.05, 0.1) is 0 Å². The van der Waals surface area contributed by atoms with Crippen LogP contribution >= 0.6 is 0 Å². The smallest absolute Gasteiger partial charge is 0.331 e. The maximum atomic E-state index is 10.8. The van der Waals surface area contributed by atoms with Crippen molar-refractivity contribution in [3.8, 4) is 0 Å². The molecule has 0 amide bonds. The van der Waals surface area contributed by atoms with Crippen LogP contribution in [0.25, 0.3) is 0 Å². The fourth-order valence-corrected chi connectivity index (χ4v) is 2.51. The van der Waals surface area contributed by atoms with Crippen molar-refractivity contribution in [2.24, 2.45) is 17.8 Å². The van der Waals surface area contributed by atoms with Crippen LogP contribution in [0, 0.1) is 17.8 Å². The molecule has 2 nitrogen and oxygen atoms in total. The molecule has 0 radical (unpaired) electrons. The van der Waals surface area contributed by atoms with Gasteiger partial charge in [-0.15, -0.1) is 0 Å². The highest BCUT2D eigenvalue weighted by Gasteiger charge is 2.32. The second-order valence-electron chi connectivity index (χ2n) is 4.24. The standard InChI is InChI=1S/C11H18O2/c1-7-5-4-6-8(2)10(7)9(3)11(12)13/h7-8,10H,3-6H2,1-2H3,(H,12,13). The first kappa shape index (κ1) is 10.3. The highest BCUT2D eigenvalue weighted by molar-refractivity contribution is 5.86. The lowest BCUT2D eigenvalue weighted by atomic mass is 9.70. The molecule has 0 spiro atoms. The second kappa shape index (κ2) is 3.95. The van der Waals surface area contributed by atoms with E-state index in [9.17, 15) is 4.79 Å². The topological polar surface area (TPSA) is 37.3 Å². The molecule has 0 aromatic carbocycles. The molecule has 0 aromatic rings. The van der Waals surface area contributed by atoms with Gasteiger partial charge in [0, 0.05) is 5.57 Å². The second-order valence-corrected chi connectivity index (χ2v) is 4.24. The molecule has 2 heteroatoms. The van der Waals surface area contributed by atoms with E-state index in [1.807, 2.05) is 0 Å². The third-order valence-electron chi connectivity index (χ3n) is 3.22. The summed E-state index contributed by atoms with van der Waals surface area (Å²) in [6.45, 7) is 7.95. The number of hydrogen-bond donors (Lipinski definition) is 1. The van der Waals surface area contributed by atoms with Crippen LogP contribution in [-0.4, -0.2) is 11.1 Å². The largest absolute Gasteiger partial charge is 0.478 e. The Kier molecular flexibility index (Phi) is 3.12. The van der Waals surface area contributed by atoms with Crippen molar-refractivity contribution in [2.45, 2.75) is 33.1 Å². The van der Waals surface area contributed by atoms with Gasteiger partial charge in [-0.25, -0.2) is 4.79 Å². The van der Waals surface area contributed by atoms with Crippen molar-refractivity contribution < 1.29 is 9.90 Å². The van der Waals surface area contributed by atoms with E-state index >= 15 is 0 Å². The number of aliphatic carboxylic acids is 1. The first-order chi connectivity index (χ1) is 6.04. The van der Waals surface area contributed by atoms with Gasteiger partial charge in [-0.05, 0) is 17.8 Å². The van der Waals surface area contributed by atoms with E-state index in [2.05, 4.69) is 20.4 Å². The van der Waals surface area contributed by atoms with Crippen molar-refractivity contribution in [3.05, 3.63) is 12.2 Å². The summed E-state index contributed by atoms with van der Waals surface area (Å²) in [4.78, 5) is 10.8. The lowest BCUT2D eigenvalue weighted by Crippen LogP contribution is -2.28. The number of carbonyl (C=O) groups is 1. The zero-order valence-electron chi connectivity index (χ0n) is 8.42. The van der Waals surface area contributed by atoms with Crippen LogP contribution in [0.1, 0.15) is 33.1 Å². The Labute approximate surface area is 79.6 Å². The molecule has 0 aromatic heterocycles. The molecule has 74 valence electrons. The van der Waals surface area contributed by atoms with Crippen molar-refractivity contribution >= 4 is 5.97 Å². The Hall–Kier alpha value is -0.790. The third-order valence-corrected chi connectivity index (χ3v) is 3.22. The van der Waals surface area contributed by atoms with E-state index in [1.54, 1.807) is 0 Å². The van der Waals surface area contributed by atoms with E-state index in [-0.39, 0.29) is 5.92 Å². The number of rotatable bonds is 2. The van der Waals surface area contributed by atoms with Gasteiger partial charge < -0.3 is 5.11 Å². The fourth-order valence-electron chi connectivity index (χ4n) is 2.51. The summed E-state index contributed by atoms with van der Waals surface area (Å²) >= 11 is 0. The van der Waals surface area contributed by atoms with E-state index in [0.717, 1.165) is 12.8 Å². The lowest BCUT2D eigenvalue weighted by molar-refractivity contribution is -0.133. The van der Waals surface area contributed by atoms with E-state index < -0.39 is 5.97 Å². The fraction of sp³-hybridized carbons (Fsp3) is 0.727. The lowest BCUT2D eigenvalue weighted by Gasteiger charge is -2.34. The van der Waals surface area contributed by atoms with E-state index in [0.29, 0.717) is 17.4 Å². The maximum Gasteiger partial charge on any atom is 0.331 e. The predicted octanol–water partition coefficient (Wildman–Crippen LogP) is 2.70. The minimum atomic E-state index is -0.828. The average molecular weight is 182 g/mol. The summed E-state index contributed by atoms with van der Waals surface area (Å²) in [5.74, 6) is 0.316. The molecule has 0 aliphatic heterocycles. The molecular formula is C11H18O2. The Morgan fingerprint density at radius 1 is 1.31 bits per heavy atom. The van der Waals surface area contributed by atoms with Crippen LogP contribution in [0.15, 0.2) is 12.2 Å². The van der Waals surface area contributed by atoms with Gasteiger partial charge in [0.2, 0.25) is 0 Å². The summed E-state index contributed by atoms with van der Waals surface area (Å²) in [5, 5.41) is 8.87. The van der Waals surface area contributed by atoms with Crippen molar-refractivity contribution in [1.82, 2.24) is 0 Å². The number of carboxylic acid groups (broad SMARTS) is 1. The molecule has 1 aliphatic carbocycles. The summed E-state index contributed by atoms with van der Waals surface area (Å²) in [5.41, 5.74) is 0.403. The van der Waals surface area contributed by atoms with Crippen LogP contribution in [0.5, 0.6) is 0 Å². The van der Waals surface area contributed by atoms with Crippen LogP contribution in [0.3, 0.4) is 0 Å². The highest BCUT2D eigenvalue weighted by Crippen LogP contribution is 2.38. The molecule has 1 saturated carbocycles. The van der Waals surface area contributed by atoms with Crippen molar-refractivity contribution in [3.63, 3.8) is 0 Å². The molecule has 1 rings (SSSR count). The van der Waals surface area contributed by atoms with Gasteiger partial charge in [0.15, 0.2) is 0 Å². The number of hydrogen-bond acceptors (Lipinski definition) is 1. The summed E-state index contributed by atoms with van der Waals surface area (Å²) in [6, 6.07) is 0. The van der Waals surface area contributed by atoms with Crippen LogP contribution in [-0.2, 0) is 4.79 Å². The summed E-state index contributed by atoms with van der Waals surface area (Å²) in [7, 11) is 0. The van der Waals surface area contributed by atoms with Crippen molar-refractivity contribution in [2.75, 3.05) is 0 Å². The minimum absolute atomic E-state index is 0.186. The summed E-state index contributed by atoms with van der Waals surface area (Å²) in [6.07, 6.45) is 3.51. The van der Waals surface area contributed by atoms with Crippen LogP contribution in [0.2, 0.25) is 0 Å². The Morgan fingerprint density at radius 3 is 2.15 bits per heavy atom. The molecule has 0 saturated heterocycles. The monoisotopic (exact) mass is 182 g/mol. The van der Waals surface area contributed by atoms with Crippen LogP contribution in [0.4, 0.5) is 0 Å². The molecule has 1 fully saturated rings. The normalized spacial score (nSPS) is 34.2. The maximum absolute atomic E-state index is 10.8. The highest BCUT2D eigenvalue weighted by atomic mass is 16.4. The molecule has 2 atom stereocenters. The van der Waals surface area contributed by atoms with Crippen LogP contribution < -0.4 is 0 Å². The molecule has 1 N–H and O–H groups in total. The Bertz CT molecular complexity index is 210. The van der Waals surface area contributed by atoms with Gasteiger partial charge in [-0.1, -0.05) is 39.7 Å². The van der Waals surface area contributed by atoms with Gasteiger partial charge in [0.1, 0.15) is 0 Å². The Morgan fingerprint density at radius 2 is 1.77 bits per heavy atom. The van der Waals surface area contributed by atoms with E-state index in [4.69, 9.17) is 5.11 Å². The zero-order valence-corrected chi connectivity index (χ0v) is 8.42. The number of carboxylic acids is 1. The summed E-state index contributed by atoms with van der Waals surface area (Å²) < 4.78 is 0. The average Bonchev–Trinajstić information content (AvgIpc) is 2.03. The quantitative estimate of drug-likeness (QED) is 0.667. The third kappa shape index (κ3) is 2.11. The van der Waals surface area contributed by atoms with Gasteiger partial charge >= 0.3 is 5.97 Å². The zero-order chi connectivity index (χ0) is 10.0. The Balaban J connectivity index is 2.74. The molecular weight excluding hydrogens is 164 g/mol. The van der Waals surface area contributed by atoms with Gasteiger partial charge in [-0.2, -0.15) is 0 Å². The minimum Gasteiger partial charge on any atom is -0.478 e. The molecule has 1 aliphatic rings. The predicted molar refractivity (Wildman–Crippen MR) is 52.4 cm³/mol. The van der Waals surface area contributed by atoms with Gasteiger partial charge in [0.25, 0.3) is 0 Å². The first-order valence-electron chi connectivity index (χ1n) is 4.96.